The lowest BCUT2D eigenvalue weighted by molar-refractivity contribution is 0.0982. The number of aromatic nitrogens is 2. The number of nitrogens with zero attached hydrogens (tertiary/aromatic N) is 3. The van der Waals surface area contributed by atoms with Gasteiger partial charge in [-0.2, -0.15) is 0 Å². The van der Waals surface area contributed by atoms with Gasteiger partial charge in [-0.1, -0.05) is 6.07 Å². The molecule has 2 aromatic rings. The van der Waals surface area contributed by atoms with Crippen LogP contribution in [0.5, 0.6) is 0 Å². The SMILES string of the molecule is CCOC(=O)N1CCC(Nc2ccc(C(=O)Nc3cccc(F)c3)nn2)CC1. The normalized spacial score (nSPS) is 14.4. The lowest BCUT2D eigenvalue weighted by atomic mass is 10.1. The molecule has 3 rings (SSSR count). The third-order valence-corrected chi connectivity index (χ3v) is 4.35. The summed E-state index contributed by atoms with van der Waals surface area (Å²) >= 11 is 0. The molecule has 1 aliphatic rings. The number of piperidine rings is 1. The molecule has 1 aliphatic heterocycles. The molecule has 9 heteroatoms. The maximum Gasteiger partial charge on any atom is 0.409 e. The number of nitrogens with one attached hydrogen (secondary N) is 2. The number of benzene rings is 1. The zero-order chi connectivity index (χ0) is 19.9. The van der Waals surface area contributed by atoms with Gasteiger partial charge < -0.3 is 20.3 Å². The lowest BCUT2D eigenvalue weighted by Gasteiger charge is -2.31. The van der Waals surface area contributed by atoms with Crippen molar-refractivity contribution in [3.63, 3.8) is 0 Å². The van der Waals surface area contributed by atoms with Crippen LogP contribution in [0.1, 0.15) is 30.3 Å². The Kier molecular flexibility index (Phi) is 6.36. The highest BCUT2D eigenvalue weighted by molar-refractivity contribution is 6.02. The van der Waals surface area contributed by atoms with Gasteiger partial charge in [-0.25, -0.2) is 9.18 Å². The number of likely N-dealkylation sites (tertiary alicyclic amines) is 1. The van der Waals surface area contributed by atoms with Crippen LogP contribution in [0.2, 0.25) is 0 Å². The molecular weight excluding hydrogens is 365 g/mol. The van der Waals surface area contributed by atoms with Gasteiger partial charge in [-0.3, -0.25) is 4.79 Å². The number of amides is 2. The third-order valence-electron chi connectivity index (χ3n) is 4.35. The van der Waals surface area contributed by atoms with Crippen molar-refractivity contribution in [1.82, 2.24) is 15.1 Å². The number of anilines is 2. The van der Waals surface area contributed by atoms with Crippen molar-refractivity contribution in [1.29, 1.82) is 0 Å². The van der Waals surface area contributed by atoms with Crippen LogP contribution in [0.25, 0.3) is 0 Å². The minimum atomic E-state index is -0.465. The summed E-state index contributed by atoms with van der Waals surface area (Å²) in [6.45, 7) is 3.37. The molecule has 0 atom stereocenters. The molecule has 0 aliphatic carbocycles. The van der Waals surface area contributed by atoms with E-state index in [9.17, 15) is 14.0 Å². The third kappa shape index (κ3) is 5.15. The molecule has 0 saturated carbocycles. The van der Waals surface area contributed by atoms with Gasteiger partial charge in [-0.05, 0) is 50.1 Å². The largest absolute Gasteiger partial charge is 0.450 e. The first-order valence-corrected chi connectivity index (χ1v) is 9.14. The van der Waals surface area contributed by atoms with E-state index in [2.05, 4.69) is 20.8 Å². The van der Waals surface area contributed by atoms with Gasteiger partial charge in [0.05, 0.1) is 6.61 Å². The first kappa shape index (κ1) is 19.5. The van der Waals surface area contributed by atoms with Crippen LogP contribution in [0.15, 0.2) is 36.4 Å². The molecule has 0 radical (unpaired) electrons. The average molecular weight is 387 g/mol. The Balaban J connectivity index is 1.51. The van der Waals surface area contributed by atoms with E-state index in [1.54, 1.807) is 30.0 Å². The Morgan fingerprint density at radius 1 is 1.21 bits per heavy atom. The van der Waals surface area contributed by atoms with E-state index in [0.717, 1.165) is 12.8 Å². The number of rotatable bonds is 5. The molecule has 28 heavy (non-hydrogen) atoms. The van der Waals surface area contributed by atoms with Crippen LogP contribution in [-0.4, -0.2) is 52.8 Å². The quantitative estimate of drug-likeness (QED) is 0.819. The highest BCUT2D eigenvalue weighted by atomic mass is 19.1. The van der Waals surface area contributed by atoms with Gasteiger partial charge in [0.15, 0.2) is 5.69 Å². The Labute approximate surface area is 162 Å². The summed E-state index contributed by atoms with van der Waals surface area (Å²) in [6, 6.07) is 9.01. The predicted octanol–water partition coefficient (Wildman–Crippen LogP) is 2.90. The van der Waals surface area contributed by atoms with E-state index in [0.29, 0.717) is 31.2 Å². The Morgan fingerprint density at radius 3 is 2.64 bits per heavy atom. The second-order valence-corrected chi connectivity index (χ2v) is 6.37. The smallest absolute Gasteiger partial charge is 0.409 e. The van der Waals surface area contributed by atoms with Crippen LogP contribution < -0.4 is 10.6 Å². The number of hydrogen-bond acceptors (Lipinski definition) is 6. The van der Waals surface area contributed by atoms with Gasteiger partial charge >= 0.3 is 6.09 Å². The van der Waals surface area contributed by atoms with Crippen molar-refractivity contribution in [3.05, 3.63) is 47.9 Å². The van der Waals surface area contributed by atoms with Gasteiger partial charge in [0.25, 0.3) is 5.91 Å². The van der Waals surface area contributed by atoms with Gasteiger partial charge in [0.1, 0.15) is 11.6 Å². The maximum absolute atomic E-state index is 13.2. The van der Waals surface area contributed by atoms with E-state index in [1.165, 1.54) is 18.2 Å². The minimum Gasteiger partial charge on any atom is -0.450 e. The fourth-order valence-electron chi connectivity index (χ4n) is 2.92. The highest BCUT2D eigenvalue weighted by Crippen LogP contribution is 2.16. The molecule has 2 amide bonds. The summed E-state index contributed by atoms with van der Waals surface area (Å²) in [6.07, 6.45) is 1.25. The van der Waals surface area contributed by atoms with Crippen LogP contribution in [-0.2, 0) is 4.74 Å². The summed E-state index contributed by atoms with van der Waals surface area (Å²) in [5, 5.41) is 13.8. The maximum atomic E-state index is 13.2. The first-order chi connectivity index (χ1) is 13.5. The lowest BCUT2D eigenvalue weighted by Crippen LogP contribution is -2.42. The average Bonchev–Trinajstić information content (AvgIpc) is 2.69. The van der Waals surface area contributed by atoms with Gasteiger partial charge in [0, 0.05) is 24.8 Å². The van der Waals surface area contributed by atoms with Crippen molar-refractivity contribution in [2.45, 2.75) is 25.8 Å². The van der Waals surface area contributed by atoms with Gasteiger partial charge in [-0.15, -0.1) is 10.2 Å². The standard InChI is InChI=1S/C19H22FN5O3/c1-2-28-19(27)25-10-8-14(9-11-25)21-17-7-6-16(23-24-17)18(26)22-15-5-3-4-13(20)12-15/h3-7,12,14H,2,8-11H2,1H3,(H,21,24)(H,22,26). The summed E-state index contributed by atoms with van der Waals surface area (Å²) < 4.78 is 18.2. The summed E-state index contributed by atoms with van der Waals surface area (Å²) in [7, 11) is 0. The molecule has 2 heterocycles. The zero-order valence-electron chi connectivity index (χ0n) is 15.5. The number of carbonyl (C=O) groups excluding carboxylic acids is 2. The van der Waals surface area contributed by atoms with E-state index < -0.39 is 11.7 Å². The number of carbonyl (C=O) groups is 2. The second-order valence-electron chi connectivity index (χ2n) is 6.37. The fraction of sp³-hybridized carbons (Fsp3) is 0.368. The topological polar surface area (TPSA) is 96.5 Å². The second kappa shape index (κ2) is 9.12. The summed E-state index contributed by atoms with van der Waals surface area (Å²) in [4.78, 5) is 25.6. The van der Waals surface area contributed by atoms with Crippen molar-refractivity contribution < 1.29 is 18.7 Å². The van der Waals surface area contributed by atoms with Crippen molar-refractivity contribution in [2.24, 2.45) is 0 Å². The first-order valence-electron chi connectivity index (χ1n) is 9.14. The van der Waals surface area contributed by atoms with E-state index >= 15 is 0 Å². The minimum absolute atomic E-state index is 0.131. The monoisotopic (exact) mass is 387 g/mol. The number of ether oxygens (including phenoxy) is 1. The van der Waals surface area contributed by atoms with Crippen molar-refractivity contribution in [3.8, 4) is 0 Å². The van der Waals surface area contributed by atoms with E-state index in [1.807, 2.05) is 0 Å². The Hall–Kier alpha value is -3.23. The Morgan fingerprint density at radius 2 is 2.00 bits per heavy atom. The molecule has 1 aromatic carbocycles. The molecule has 1 saturated heterocycles. The molecule has 2 N–H and O–H groups in total. The molecule has 0 bridgehead atoms. The molecule has 1 fully saturated rings. The predicted molar refractivity (Wildman–Crippen MR) is 102 cm³/mol. The van der Waals surface area contributed by atoms with Crippen LogP contribution in [0, 0.1) is 5.82 Å². The molecule has 148 valence electrons. The van der Waals surface area contributed by atoms with Crippen molar-refractivity contribution >= 4 is 23.5 Å². The molecule has 0 spiro atoms. The molecular formula is C19H22FN5O3. The van der Waals surface area contributed by atoms with E-state index in [4.69, 9.17) is 4.74 Å². The Bertz CT molecular complexity index is 823. The van der Waals surface area contributed by atoms with Crippen LogP contribution in [0.4, 0.5) is 20.7 Å². The van der Waals surface area contributed by atoms with Crippen LogP contribution in [0.3, 0.4) is 0 Å². The van der Waals surface area contributed by atoms with Gasteiger partial charge in [0.2, 0.25) is 0 Å². The van der Waals surface area contributed by atoms with Crippen molar-refractivity contribution in [2.75, 3.05) is 30.3 Å². The molecule has 0 unspecified atom stereocenters. The van der Waals surface area contributed by atoms with Crippen LogP contribution >= 0.6 is 0 Å². The molecule has 8 nitrogen and oxygen atoms in total. The molecule has 1 aromatic heterocycles. The highest BCUT2D eigenvalue weighted by Gasteiger charge is 2.23. The zero-order valence-corrected chi connectivity index (χ0v) is 15.5. The number of halogens is 1. The summed E-state index contributed by atoms with van der Waals surface area (Å²) in [5.41, 5.74) is 0.481. The summed E-state index contributed by atoms with van der Waals surface area (Å²) in [5.74, 6) is -0.346. The fourth-order valence-corrected chi connectivity index (χ4v) is 2.92. The number of hydrogen-bond donors (Lipinski definition) is 2. The van der Waals surface area contributed by atoms with E-state index in [-0.39, 0.29) is 17.8 Å².